The fourth-order valence-electron chi connectivity index (χ4n) is 2.49. The average molecular weight is 205 g/mol. The first-order valence-electron chi connectivity index (χ1n) is 5.21. The van der Waals surface area contributed by atoms with Gasteiger partial charge in [-0.05, 0) is 24.8 Å². The Morgan fingerprint density at radius 3 is 2.53 bits per heavy atom. The Morgan fingerprint density at radius 1 is 1.40 bits per heavy atom. The first-order valence-corrected chi connectivity index (χ1v) is 5.21. The lowest BCUT2D eigenvalue weighted by atomic mass is 9.76. The molecule has 1 aromatic rings. The van der Waals surface area contributed by atoms with Gasteiger partial charge in [0, 0.05) is 0 Å². The molecule has 0 bridgehead atoms. The molecular formula is C12H15NO2. The summed E-state index contributed by atoms with van der Waals surface area (Å²) in [5, 5.41) is 9.96. The molecule has 80 valence electrons. The molecule has 1 aliphatic rings. The molecule has 1 saturated carbocycles. The highest BCUT2D eigenvalue weighted by Crippen LogP contribution is 2.40. The largest absolute Gasteiger partial charge is 0.392 e. The average Bonchev–Trinajstić information content (AvgIpc) is 2.62. The van der Waals surface area contributed by atoms with Gasteiger partial charge in [-0.3, -0.25) is 4.79 Å². The van der Waals surface area contributed by atoms with Crippen LogP contribution in [-0.4, -0.2) is 17.1 Å². The number of carbonyl (C=O) groups is 1. The van der Waals surface area contributed by atoms with Crippen molar-refractivity contribution in [3.8, 4) is 0 Å². The third-order valence-corrected chi connectivity index (χ3v) is 3.35. The van der Waals surface area contributed by atoms with Gasteiger partial charge >= 0.3 is 0 Å². The molecule has 0 radical (unpaired) electrons. The number of nitrogens with two attached hydrogens (primary N) is 1. The minimum atomic E-state index is -0.860. The predicted octanol–water partition coefficient (Wildman–Crippen LogP) is 0.954. The zero-order chi connectivity index (χ0) is 10.9. The van der Waals surface area contributed by atoms with E-state index in [0.717, 1.165) is 12.0 Å². The van der Waals surface area contributed by atoms with Crippen molar-refractivity contribution in [1.29, 1.82) is 0 Å². The van der Waals surface area contributed by atoms with Crippen LogP contribution >= 0.6 is 0 Å². The Hall–Kier alpha value is -1.35. The Balaban J connectivity index is 2.49. The molecule has 2 atom stereocenters. The monoisotopic (exact) mass is 205 g/mol. The third kappa shape index (κ3) is 1.43. The standard InChI is InChI=1S/C12H15NO2/c13-11(15)12(8-4-7-10(12)14)9-5-2-1-3-6-9/h1-3,5-6,10,14H,4,7-8H2,(H2,13,15). The van der Waals surface area contributed by atoms with E-state index in [1.54, 1.807) is 0 Å². The highest BCUT2D eigenvalue weighted by atomic mass is 16.3. The molecule has 3 N–H and O–H groups in total. The second kappa shape index (κ2) is 3.66. The van der Waals surface area contributed by atoms with Crippen LogP contribution in [0.25, 0.3) is 0 Å². The van der Waals surface area contributed by atoms with Crippen LogP contribution < -0.4 is 5.73 Å². The van der Waals surface area contributed by atoms with Crippen LogP contribution in [-0.2, 0) is 10.2 Å². The summed E-state index contributed by atoms with van der Waals surface area (Å²) in [4.78, 5) is 11.6. The summed E-state index contributed by atoms with van der Waals surface area (Å²) in [6.07, 6.45) is 1.50. The second-order valence-corrected chi connectivity index (χ2v) is 4.11. The van der Waals surface area contributed by atoms with Crippen molar-refractivity contribution in [2.45, 2.75) is 30.8 Å². The van der Waals surface area contributed by atoms with Gasteiger partial charge in [0.05, 0.1) is 11.5 Å². The number of aliphatic hydroxyl groups is 1. The van der Waals surface area contributed by atoms with Gasteiger partial charge in [0.25, 0.3) is 0 Å². The van der Waals surface area contributed by atoms with E-state index in [1.165, 1.54) is 0 Å². The summed E-state index contributed by atoms with van der Waals surface area (Å²) >= 11 is 0. The van der Waals surface area contributed by atoms with Gasteiger partial charge in [0.2, 0.25) is 5.91 Å². The molecule has 2 unspecified atom stereocenters. The molecule has 1 fully saturated rings. The van der Waals surface area contributed by atoms with Crippen molar-refractivity contribution in [1.82, 2.24) is 0 Å². The van der Waals surface area contributed by atoms with Crippen molar-refractivity contribution < 1.29 is 9.90 Å². The van der Waals surface area contributed by atoms with Crippen LogP contribution in [0.5, 0.6) is 0 Å². The number of amides is 1. The van der Waals surface area contributed by atoms with E-state index in [0.29, 0.717) is 12.8 Å². The zero-order valence-corrected chi connectivity index (χ0v) is 8.52. The summed E-state index contributed by atoms with van der Waals surface area (Å²) in [6.45, 7) is 0. The minimum absolute atomic E-state index is 0.418. The number of carbonyl (C=O) groups excluding carboxylic acids is 1. The van der Waals surface area contributed by atoms with Gasteiger partial charge < -0.3 is 10.8 Å². The first-order chi connectivity index (χ1) is 7.18. The molecule has 3 heteroatoms. The maximum atomic E-state index is 11.6. The van der Waals surface area contributed by atoms with Crippen molar-refractivity contribution in [3.63, 3.8) is 0 Å². The molecule has 1 aliphatic carbocycles. The molecule has 3 nitrogen and oxygen atoms in total. The van der Waals surface area contributed by atoms with E-state index in [4.69, 9.17) is 5.73 Å². The van der Waals surface area contributed by atoms with Crippen molar-refractivity contribution >= 4 is 5.91 Å². The topological polar surface area (TPSA) is 63.3 Å². The van der Waals surface area contributed by atoms with E-state index in [2.05, 4.69) is 0 Å². The smallest absolute Gasteiger partial charge is 0.230 e. The van der Waals surface area contributed by atoms with Crippen LogP contribution in [0.15, 0.2) is 30.3 Å². The van der Waals surface area contributed by atoms with Gasteiger partial charge in [-0.1, -0.05) is 30.3 Å². The van der Waals surface area contributed by atoms with Gasteiger partial charge in [0.15, 0.2) is 0 Å². The summed E-state index contributed by atoms with van der Waals surface area (Å²) in [7, 11) is 0. The Bertz CT molecular complexity index is 363. The van der Waals surface area contributed by atoms with Crippen LogP contribution in [0.3, 0.4) is 0 Å². The van der Waals surface area contributed by atoms with Crippen molar-refractivity contribution in [2.24, 2.45) is 5.73 Å². The molecule has 0 spiro atoms. The molecule has 1 amide bonds. The maximum absolute atomic E-state index is 11.6. The lowest BCUT2D eigenvalue weighted by molar-refractivity contribution is -0.126. The molecule has 0 heterocycles. The number of hydrogen-bond acceptors (Lipinski definition) is 2. The Kier molecular flexibility index (Phi) is 2.49. The van der Waals surface area contributed by atoms with E-state index < -0.39 is 17.4 Å². The van der Waals surface area contributed by atoms with Gasteiger partial charge in [-0.2, -0.15) is 0 Å². The lowest BCUT2D eigenvalue weighted by Crippen LogP contribution is -2.47. The van der Waals surface area contributed by atoms with E-state index in [9.17, 15) is 9.90 Å². The Morgan fingerprint density at radius 2 is 2.07 bits per heavy atom. The molecule has 0 aromatic heterocycles. The summed E-state index contributed by atoms with van der Waals surface area (Å²) in [5.74, 6) is -0.418. The lowest BCUT2D eigenvalue weighted by Gasteiger charge is -2.29. The first kappa shape index (κ1) is 10.2. The summed E-state index contributed by atoms with van der Waals surface area (Å²) < 4.78 is 0. The molecular weight excluding hydrogens is 190 g/mol. The second-order valence-electron chi connectivity index (χ2n) is 4.11. The summed E-state index contributed by atoms with van der Waals surface area (Å²) in [6, 6.07) is 9.34. The van der Waals surface area contributed by atoms with E-state index >= 15 is 0 Å². The molecule has 0 aliphatic heterocycles. The van der Waals surface area contributed by atoms with Gasteiger partial charge in [-0.15, -0.1) is 0 Å². The van der Waals surface area contributed by atoms with Crippen molar-refractivity contribution in [2.75, 3.05) is 0 Å². The molecule has 15 heavy (non-hydrogen) atoms. The minimum Gasteiger partial charge on any atom is -0.392 e. The van der Waals surface area contributed by atoms with Crippen LogP contribution in [0.4, 0.5) is 0 Å². The van der Waals surface area contributed by atoms with Crippen LogP contribution in [0.2, 0.25) is 0 Å². The fourth-order valence-corrected chi connectivity index (χ4v) is 2.49. The number of rotatable bonds is 2. The van der Waals surface area contributed by atoms with E-state index in [-0.39, 0.29) is 0 Å². The third-order valence-electron chi connectivity index (χ3n) is 3.35. The molecule has 2 rings (SSSR count). The Labute approximate surface area is 88.9 Å². The van der Waals surface area contributed by atoms with Gasteiger partial charge in [-0.25, -0.2) is 0 Å². The number of hydrogen-bond donors (Lipinski definition) is 2. The predicted molar refractivity (Wildman–Crippen MR) is 57.2 cm³/mol. The van der Waals surface area contributed by atoms with E-state index in [1.807, 2.05) is 30.3 Å². The molecule has 0 saturated heterocycles. The molecule has 1 aromatic carbocycles. The number of aliphatic hydroxyl groups excluding tert-OH is 1. The van der Waals surface area contributed by atoms with Crippen molar-refractivity contribution in [3.05, 3.63) is 35.9 Å². The fraction of sp³-hybridized carbons (Fsp3) is 0.417. The normalized spacial score (nSPS) is 30.3. The van der Waals surface area contributed by atoms with Crippen LogP contribution in [0.1, 0.15) is 24.8 Å². The highest BCUT2D eigenvalue weighted by Gasteiger charge is 2.48. The number of primary amides is 1. The number of benzene rings is 1. The SMILES string of the molecule is NC(=O)C1(c2ccccc2)CCCC1O. The maximum Gasteiger partial charge on any atom is 0.230 e. The van der Waals surface area contributed by atoms with Crippen LogP contribution in [0, 0.1) is 0 Å². The quantitative estimate of drug-likeness (QED) is 0.755. The highest BCUT2D eigenvalue weighted by molar-refractivity contribution is 5.88. The van der Waals surface area contributed by atoms with Gasteiger partial charge in [0.1, 0.15) is 0 Å². The summed E-state index contributed by atoms with van der Waals surface area (Å²) in [5.41, 5.74) is 5.43. The zero-order valence-electron chi connectivity index (χ0n) is 8.52.